The summed E-state index contributed by atoms with van der Waals surface area (Å²) >= 11 is 0. The van der Waals surface area contributed by atoms with E-state index in [9.17, 15) is 24.6 Å². The van der Waals surface area contributed by atoms with E-state index in [1.807, 2.05) is 0 Å². The van der Waals surface area contributed by atoms with Gasteiger partial charge in [-0.25, -0.2) is 4.79 Å². The van der Waals surface area contributed by atoms with Crippen LogP contribution in [0.25, 0.3) is 0 Å². The largest absolute Gasteiger partial charge is 0.454 e. The van der Waals surface area contributed by atoms with E-state index in [-0.39, 0.29) is 19.8 Å². The standard InChI is InChI=1S/C18H19N3O8/c22-8-14-11(23)6-18(29-14,21-4-3-15(24)20-17(21)26)16(25)19-7-10-1-2-12-13(5-10)28-9-27-12/h1-5,11,14,22-23H,6-9H2,(H,19,25)(H,20,24,26)/t11-,14+,18-/m0/s1. The molecule has 0 radical (unpaired) electrons. The molecule has 0 spiro atoms. The van der Waals surface area contributed by atoms with Crippen molar-refractivity contribution in [3.63, 3.8) is 0 Å². The van der Waals surface area contributed by atoms with Crippen molar-refractivity contribution in [1.29, 1.82) is 0 Å². The van der Waals surface area contributed by atoms with Crippen molar-refractivity contribution in [3.05, 3.63) is 56.9 Å². The molecule has 154 valence electrons. The third kappa shape index (κ3) is 3.39. The highest BCUT2D eigenvalue weighted by atomic mass is 16.7. The van der Waals surface area contributed by atoms with Crippen LogP contribution in [0.3, 0.4) is 0 Å². The van der Waals surface area contributed by atoms with Crippen LogP contribution in [0.15, 0.2) is 40.1 Å². The monoisotopic (exact) mass is 405 g/mol. The maximum atomic E-state index is 13.1. The summed E-state index contributed by atoms with van der Waals surface area (Å²) in [6.45, 7) is -0.341. The van der Waals surface area contributed by atoms with Crippen LogP contribution in [-0.2, 0) is 21.8 Å². The summed E-state index contributed by atoms with van der Waals surface area (Å²) < 4.78 is 17.1. The summed E-state index contributed by atoms with van der Waals surface area (Å²) in [5, 5.41) is 22.3. The molecule has 3 atom stereocenters. The van der Waals surface area contributed by atoms with Gasteiger partial charge in [-0.05, 0) is 17.7 Å². The number of hydrogen-bond donors (Lipinski definition) is 4. The van der Waals surface area contributed by atoms with E-state index in [0.717, 1.165) is 16.8 Å². The number of carbonyl (C=O) groups is 1. The van der Waals surface area contributed by atoms with Gasteiger partial charge < -0.3 is 29.7 Å². The first-order chi connectivity index (χ1) is 13.9. The van der Waals surface area contributed by atoms with Gasteiger partial charge in [-0.2, -0.15) is 0 Å². The summed E-state index contributed by atoms with van der Waals surface area (Å²) in [5.74, 6) is 0.444. The lowest BCUT2D eigenvalue weighted by atomic mass is 10.0. The number of aromatic nitrogens is 2. The maximum absolute atomic E-state index is 13.1. The average Bonchev–Trinajstić information content (AvgIpc) is 3.30. The highest BCUT2D eigenvalue weighted by Crippen LogP contribution is 2.35. The molecule has 0 saturated carbocycles. The minimum Gasteiger partial charge on any atom is -0.454 e. The second kappa shape index (κ2) is 7.35. The van der Waals surface area contributed by atoms with Crippen LogP contribution in [0.1, 0.15) is 12.0 Å². The van der Waals surface area contributed by atoms with E-state index in [0.29, 0.717) is 17.1 Å². The first kappa shape index (κ1) is 19.2. The highest BCUT2D eigenvalue weighted by molar-refractivity contribution is 5.83. The van der Waals surface area contributed by atoms with Gasteiger partial charge in [0.15, 0.2) is 11.5 Å². The Hall–Kier alpha value is -3.15. The SMILES string of the molecule is O=C(NCc1ccc2c(c1)OCO2)[C@]1(n2ccc(=O)[nH]c2=O)C[C@H](O)[C@@H](CO)O1. The Morgan fingerprint density at radius 3 is 2.79 bits per heavy atom. The van der Waals surface area contributed by atoms with Gasteiger partial charge >= 0.3 is 5.69 Å². The molecule has 4 N–H and O–H groups in total. The van der Waals surface area contributed by atoms with E-state index in [1.165, 1.54) is 0 Å². The highest BCUT2D eigenvalue weighted by Gasteiger charge is 2.53. The number of aliphatic hydroxyl groups excluding tert-OH is 2. The molecule has 11 heteroatoms. The third-order valence-electron chi connectivity index (χ3n) is 4.90. The smallest absolute Gasteiger partial charge is 0.331 e. The van der Waals surface area contributed by atoms with Crippen LogP contribution in [0, 0.1) is 0 Å². The van der Waals surface area contributed by atoms with Crippen LogP contribution < -0.4 is 26.0 Å². The number of aromatic amines is 1. The van der Waals surface area contributed by atoms with Gasteiger partial charge in [0.05, 0.1) is 12.7 Å². The van der Waals surface area contributed by atoms with Gasteiger partial charge in [0.2, 0.25) is 12.5 Å². The third-order valence-corrected chi connectivity index (χ3v) is 4.90. The Morgan fingerprint density at radius 2 is 2.07 bits per heavy atom. The average molecular weight is 405 g/mol. The van der Waals surface area contributed by atoms with Gasteiger partial charge in [-0.3, -0.25) is 19.1 Å². The number of aliphatic hydroxyl groups is 2. The van der Waals surface area contributed by atoms with Gasteiger partial charge in [-0.1, -0.05) is 6.07 Å². The molecule has 1 amide bonds. The van der Waals surface area contributed by atoms with E-state index in [1.54, 1.807) is 18.2 Å². The van der Waals surface area contributed by atoms with Gasteiger partial charge in [0.1, 0.15) is 6.10 Å². The number of H-pyrrole nitrogens is 1. The fourth-order valence-electron chi connectivity index (χ4n) is 3.43. The lowest BCUT2D eigenvalue weighted by Gasteiger charge is -2.29. The second-order valence-corrected chi connectivity index (χ2v) is 6.75. The normalized spacial score (nSPS) is 25.2. The number of carbonyl (C=O) groups excluding carboxylic acids is 1. The van der Waals surface area contributed by atoms with Crippen molar-refractivity contribution in [1.82, 2.24) is 14.9 Å². The number of nitrogens with zero attached hydrogens (tertiary/aromatic N) is 1. The number of amides is 1. The van der Waals surface area contributed by atoms with Crippen LogP contribution in [0.2, 0.25) is 0 Å². The molecule has 11 nitrogen and oxygen atoms in total. The Balaban J connectivity index is 1.62. The summed E-state index contributed by atoms with van der Waals surface area (Å²) in [6.07, 6.45) is -1.41. The van der Waals surface area contributed by atoms with E-state index >= 15 is 0 Å². The summed E-state index contributed by atoms with van der Waals surface area (Å²) in [7, 11) is 0. The molecular formula is C18H19N3O8. The molecule has 0 unspecified atom stereocenters. The van der Waals surface area contributed by atoms with Gasteiger partial charge in [-0.15, -0.1) is 0 Å². The van der Waals surface area contributed by atoms with Gasteiger partial charge in [0.25, 0.3) is 11.5 Å². The molecule has 29 heavy (non-hydrogen) atoms. The predicted octanol–water partition coefficient (Wildman–Crippen LogP) is -1.62. The van der Waals surface area contributed by atoms with Crippen molar-refractivity contribution in [3.8, 4) is 11.5 Å². The quantitative estimate of drug-likeness (QED) is 0.463. The molecule has 4 rings (SSSR count). The lowest BCUT2D eigenvalue weighted by molar-refractivity contribution is -0.164. The van der Waals surface area contributed by atoms with E-state index in [2.05, 4.69) is 10.3 Å². The molecule has 1 fully saturated rings. The molecule has 0 bridgehead atoms. The van der Waals surface area contributed by atoms with Crippen molar-refractivity contribution >= 4 is 5.91 Å². The van der Waals surface area contributed by atoms with Crippen LogP contribution >= 0.6 is 0 Å². The van der Waals surface area contributed by atoms with Crippen LogP contribution in [0.4, 0.5) is 0 Å². The number of ether oxygens (including phenoxy) is 3. The van der Waals surface area contributed by atoms with Crippen molar-refractivity contribution in [2.45, 2.75) is 30.9 Å². The summed E-state index contributed by atoms with van der Waals surface area (Å²) in [4.78, 5) is 38.9. The fourth-order valence-corrected chi connectivity index (χ4v) is 3.43. The van der Waals surface area contributed by atoms with E-state index < -0.39 is 41.7 Å². The van der Waals surface area contributed by atoms with Crippen molar-refractivity contribution in [2.24, 2.45) is 0 Å². The predicted molar refractivity (Wildman–Crippen MR) is 96.3 cm³/mol. The zero-order valence-electron chi connectivity index (χ0n) is 15.2. The number of fused-ring (bicyclic) bond motifs is 1. The zero-order valence-corrected chi connectivity index (χ0v) is 15.2. The molecular weight excluding hydrogens is 386 g/mol. The maximum Gasteiger partial charge on any atom is 0.331 e. The minimum atomic E-state index is -1.93. The number of nitrogens with one attached hydrogen (secondary N) is 2. The Labute approximate surface area is 163 Å². The number of hydrogen-bond acceptors (Lipinski definition) is 8. The Kier molecular flexibility index (Phi) is 4.86. The minimum absolute atomic E-state index is 0.0819. The molecule has 1 saturated heterocycles. The van der Waals surface area contributed by atoms with Crippen LogP contribution in [-0.4, -0.2) is 51.3 Å². The van der Waals surface area contributed by atoms with E-state index in [4.69, 9.17) is 14.2 Å². The summed E-state index contributed by atoms with van der Waals surface area (Å²) in [6, 6.07) is 6.23. The van der Waals surface area contributed by atoms with Gasteiger partial charge in [0, 0.05) is 25.2 Å². The van der Waals surface area contributed by atoms with Crippen LogP contribution in [0.5, 0.6) is 11.5 Å². The molecule has 2 aliphatic heterocycles. The lowest BCUT2D eigenvalue weighted by Crippen LogP contribution is -2.53. The van der Waals surface area contributed by atoms with Crippen molar-refractivity contribution < 1.29 is 29.2 Å². The number of rotatable bonds is 5. The molecule has 1 aromatic carbocycles. The zero-order chi connectivity index (χ0) is 20.6. The first-order valence-electron chi connectivity index (χ1n) is 8.89. The second-order valence-electron chi connectivity index (χ2n) is 6.75. The first-order valence-corrected chi connectivity index (χ1v) is 8.89. The summed E-state index contributed by atoms with van der Waals surface area (Å²) in [5.41, 5.74) is -2.73. The molecule has 2 aromatic rings. The van der Waals surface area contributed by atoms with Crippen molar-refractivity contribution in [2.75, 3.05) is 13.4 Å². The molecule has 1 aromatic heterocycles. The fraction of sp³-hybridized carbons (Fsp3) is 0.389. The topological polar surface area (TPSA) is 152 Å². The molecule has 3 heterocycles. The Bertz CT molecular complexity index is 1050. The molecule has 0 aliphatic carbocycles. The molecule has 2 aliphatic rings. The Morgan fingerprint density at radius 1 is 1.28 bits per heavy atom. The number of benzene rings is 1.